The monoisotopic (exact) mass is 412 g/mol. The fourth-order valence-corrected chi connectivity index (χ4v) is 4.48. The van der Waals surface area contributed by atoms with Crippen molar-refractivity contribution in [3.05, 3.63) is 95.8 Å². The second-order valence-corrected chi connectivity index (χ2v) is 8.25. The molecule has 0 unspecified atom stereocenters. The minimum Gasteiger partial charge on any atom is -0.372 e. The molecule has 1 aromatic heterocycles. The van der Waals surface area contributed by atoms with E-state index in [0.29, 0.717) is 12.5 Å². The van der Waals surface area contributed by atoms with Gasteiger partial charge in [-0.25, -0.2) is 4.68 Å². The third kappa shape index (κ3) is 4.68. The summed E-state index contributed by atoms with van der Waals surface area (Å²) in [5.41, 5.74) is 3.71. The van der Waals surface area contributed by atoms with Gasteiger partial charge in [-0.3, -0.25) is 0 Å². The van der Waals surface area contributed by atoms with Crippen molar-refractivity contribution in [3.8, 4) is 0 Å². The maximum atomic E-state index is 6.44. The smallest absolute Gasteiger partial charge is 0.0788 e. The van der Waals surface area contributed by atoms with Crippen molar-refractivity contribution >= 4 is 10.8 Å². The summed E-state index contributed by atoms with van der Waals surface area (Å²) in [6, 6.07) is 25.6. The summed E-state index contributed by atoms with van der Waals surface area (Å²) in [5, 5.41) is 14.6. The maximum absolute atomic E-state index is 6.44. The van der Waals surface area contributed by atoms with E-state index in [9.17, 15) is 0 Å². The van der Waals surface area contributed by atoms with Crippen LogP contribution in [0.15, 0.2) is 79.0 Å². The van der Waals surface area contributed by atoms with Crippen molar-refractivity contribution in [3.63, 3.8) is 0 Å². The molecule has 5 rings (SSSR count). The minimum atomic E-state index is 0.106. The Bertz CT molecular complexity index is 1120. The van der Waals surface area contributed by atoms with Gasteiger partial charge in [0.1, 0.15) is 0 Å². The lowest BCUT2D eigenvalue weighted by atomic mass is 9.91. The van der Waals surface area contributed by atoms with Crippen LogP contribution in [-0.4, -0.2) is 34.2 Å². The molecule has 158 valence electrons. The van der Waals surface area contributed by atoms with Gasteiger partial charge in [0.2, 0.25) is 0 Å². The SMILES string of the molecule is c1ccc(CCn2nncc2[C@H]2CCNC[C@@H]2OCc2ccc3ccccc3c2)cc1. The van der Waals surface area contributed by atoms with E-state index in [0.717, 1.165) is 32.5 Å². The molecule has 31 heavy (non-hydrogen) atoms. The lowest BCUT2D eigenvalue weighted by Crippen LogP contribution is -2.41. The molecule has 0 bridgehead atoms. The first-order valence-electron chi connectivity index (χ1n) is 11.1. The van der Waals surface area contributed by atoms with Gasteiger partial charge < -0.3 is 10.1 Å². The summed E-state index contributed by atoms with van der Waals surface area (Å²) >= 11 is 0. The van der Waals surface area contributed by atoms with Crippen LogP contribution in [0.1, 0.15) is 29.2 Å². The second kappa shape index (κ2) is 9.41. The lowest BCUT2D eigenvalue weighted by molar-refractivity contribution is 0.00868. The van der Waals surface area contributed by atoms with Crippen LogP contribution in [0.4, 0.5) is 0 Å². The number of hydrogen-bond donors (Lipinski definition) is 1. The zero-order valence-electron chi connectivity index (χ0n) is 17.7. The van der Waals surface area contributed by atoms with Gasteiger partial charge in [0.05, 0.1) is 24.6 Å². The number of aryl methyl sites for hydroxylation is 2. The molecule has 0 amide bonds. The van der Waals surface area contributed by atoms with Crippen LogP contribution < -0.4 is 5.32 Å². The molecule has 1 fully saturated rings. The Morgan fingerprint density at radius 2 is 1.77 bits per heavy atom. The number of ether oxygens (including phenoxy) is 1. The molecule has 5 heteroatoms. The average molecular weight is 413 g/mol. The number of benzene rings is 3. The average Bonchev–Trinajstić information content (AvgIpc) is 3.30. The van der Waals surface area contributed by atoms with Gasteiger partial charge in [-0.1, -0.05) is 71.9 Å². The molecule has 0 saturated carbocycles. The Labute approximate surface area is 183 Å². The summed E-state index contributed by atoms with van der Waals surface area (Å²) in [5.74, 6) is 0.299. The van der Waals surface area contributed by atoms with Crippen molar-refractivity contribution < 1.29 is 4.74 Å². The van der Waals surface area contributed by atoms with Crippen LogP contribution in [0.5, 0.6) is 0 Å². The fraction of sp³-hybridized carbons (Fsp3) is 0.308. The molecule has 1 aliphatic rings. The fourth-order valence-electron chi connectivity index (χ4n) is 4.48. The maximum Gasteiger partial charge on any atom is 0.0788 e. The number of nitrogens with zero attached hydrogens (tertiary/aromatic N) is 3. The van der Waals surface area contributed by atoms with E-state index < -0.39 is 0 Å². The van der Waals surface area contributed by atoms with Crippen LogP contribution in [-0.2, 0) is 24.3 Å². The third-order valence-electron chi connectivity index (χ3n) is 6.19. The number of fused-ring (bicyclic) bond motifs is 1. The molecule has 1 N–H and O–H groups in total. The summed E-state index contributed by atoms with van der Waals surface area (Å²) < 4.78 is 8.51. The van der Waals surface area contributed by atoms with Crippen molar-refractivity contribution in [2.75, 3.05) is 13.1 Å². The predicted molar refractivity (Wildman–Crippen MR) is 123 cm³/mol. The largest absolute Gasteiger partial charge is 0.372 e. The molecular weight excluding hydrogens is 384 g/mol. The van der Waals surface area contributed by atoms with Crippen molar-refractivity contribution in [1.29, 1.82) is 0 Å². The molecule has 2 heterocycles. The summed E-state index contributed by atoms with van der Waals surface area (Å²) in [6.45, 7) is 3.28. The molecule has 3 aromatic carbocycles. The van der Waals surface area contributed by atoms with E-state index in [1.165, 1.54) is 27.6 Å². The van der Waals surface area contributed by atoms with Gasteiger partial charge in [0.15, 0.2) is 0 Å². The first-order valence-corrected chi connectivity index (χ1v) is 11.1. The van der Waals surface area contributed by atoms with Crippen LogP contribution >= 0.6 is 0 Å². The first kappa shape index (κ1) is 19.9. The van der Waals surface area contributed by atoms with Gasteiger partial charge in [-0.2, -0.15) is 0 Å². The van der Waals surface area contributed by atoms with Crippen LogP contribution in [0.25, 0.3) is 10.8 Å². The van der Waals surface area contributed by atoms with E-state index in [2.05, 4.69) is 93.1 Å². The summed E-state index contributed by atoms with van der Waals surface area (Å²) in [4.78, 5) is 0. The molecule has 1 saturated heterocycles. The molecule has 0 radical (unpaired) electrons. The minimum absolute atomic E-state index is 0.106. The Balaban J connectivity index is 1.28. The zero-order valence-corrected chi connectivity index (χ0v) is 17.7. The van der Waals surface area contributed by atoms with Crippen molar-refractivity contribution in [2.45, 2.75) is 38.0 Å². The normalized spacial score (nSPS) is 19.0. The molecule has 1 aliphatic heterocycles. The number of piperidine rings is 1. The van der Waals surface area contributed by atoms with E-state index in [4.69, 9.17) is 4.74 Å². The molecule has 4 aromatic rings. The number of rotatable bonds is 7. The first-order chi connectivity index (χ1) is 15.4. The van der Waals surface area contributed by atoms with Gasteiger partial charge in [-0.15, -0.1) is 5.10 Å². The Morgan fingerprint density at radius 3 is 2.68 bits per heavy atom. The van der Waals surface area contributed by atoms with Crippen LogP contribution in [0, 0.1) is 0 Å². The highest BCUT2D eigenvalue weighted by atomic mass is 16.5. The van der Waals surface area contributed by atoms with E-state index in [1.54, 1.807) is 0 Å². The zero-order chi connectivity index (χ0) is 20.9. The number of hydrogen-bond acceptors (Lipinski definition) is 4. The molecule has 2 atom stereocenters. The Hall–Kier alpha value is -3.02. The topological polar surface area (TPSA) is 52.0 Å². The molecule has 5 nitrogen and oxygen atoms in total. The third-order valence-corrected chi connectivity index (χ3v) is 6.19. The van der Waals surface area contributed by atoms with Gasteiger partial charge in [0, 0.05) is 19.0 Å². The quantitative estimate of drug-likeness (QED) is 0.491. The number of aromatic nitrogens is 3. The summed E-state index contributed by atoms with van der Waals surface area (Å²) in [6.07, 6.45) is 4.01. The van der Waals surface area contributed by atoms with E-state index >= 15 is 0 Å². The Kier molecular flexibility index (Phi) is 6.05. The van der Waals surface area contributed by atoms with Crippen molar-refractivity contribution in [1.82, 2.24) is 20.3 Å². The highest BCUT2D eigenvalue weighted by Gasteiger charge is 2.30. The van der Waals surface area contributed by atoms with E-state index in [-0.39, 0.29) is 6.10 Å². The van der Waals surface area contributed by atoms with Crippen LogP contribution in [0.3, 0.4) is 0 Å². The van der Waals surface area contributed by atoms with Crippen LogP contribution in [0.2, 0.25) is 0 Å². The van der Waals surface area contributed by atoms with E-state index in [1.807, 2.05) is 6.20 Å². The lowest BCUT2D eigenvalue weighted by Gasteiger charge is -2.32. The number of nitrogens with one attached hydrogen (secondary N) is 1. The van der Waals surface area contributed by atoms with Crippen molar-refractivity contribution in [2.24, 2.45) is 0 Å². The van der Waals surface area contributed by atoms with Gasteiger partial charge >= 0.3 is 0 Å². The Morgan fingerprint density at radius 1 is 0.935 bits per heavy atom. The molecular formula is C26H28N4O. The molecule has 0 aliphatic carbocycles. The highest BCUT2D eigenvalue weighted by Crippen LogP contribution is 2.28. The standard InChI is InChI=1S/C26H28N4O/c1-2-6-20(7-3-1)13-15-30-25(17-28-29-30)24-12-14-27-18-26(24)31-19-21-10-11-22-8-4-5-9-23(22)16-21/h1-11,16-17,24,26-27H,12-15,18-19H2/t24-,26+/m1/s1. The van der Waals surface area contributed by atoms with Gasteiger partial charge in [-0.05, 0) is 47.4 Å². The summed E-state index contributed by atoms with van der Waals surface area (Å²) in [7, 11) is 0. The molecule has 0 spiro atoms. The van der Waals surface area contributed by atoms with Gasteiger partial charge in [0.25, 0.3) is 0 Å². The predicted octanol–water partition coefficient (Wildman–Crippen LogP) is 4.34. The highest BCUT2D eigenvalue weighted by molar-refractivity contribution is 5.82. The second-order valence-electron chi connectivity index (χ2n) is 8.25.